The van der Waals surface area contributed by atoms with E-state index in [2.05, 4.69) is 16.0 Å². The van der Waals surface area contributed by atoms with Crippen LogP contribution in [0.5, 0.6) is 0 Å². The molecule has 26 heavy (non-hydrogen) atoms. The lowest BCUT2D eigenvalue weighted by atomic mass is 9.59. The zero-order valence-electron chi connectivity index (χ0n) is 15.1. The predicted molar refractivity (Wildman–Crippen MR) is 97.6 cm³/mol. The number of nitrogens with zero attached hydrogens (tertiary/aromatic N) is 2. The van der Waals surface area contributed by atoms with Crippen molar-refractivity contribution in [3.63, 3.8) is 0 Å². The van der Waals surface area contributed by atoms with Crippen molar-refractivity contribution in [2.45, 2.75) is 31.2 Å². The zero-order valence-corrected chi connectivity index (χ0v) is 15.1. The third-order valence-corrected chi connectivity index (χ3v) is 7.05. The molecule has 1 saturated carbocycles. The molecular weight excluding hydrogens is 328 g/mol. The highest BCUT2D eigenvalue weighted by molar-refractivity contribution is 6.21. The Bertz CT molecular complexity index is 889. The van der Waals surface area contributed by atoms with Gasteiger partial charge in [0.05, 0.1) is 18.2 Å². The first-order chi connectivity index (χ1) is 12.6. The third-order valence-electron chi connectivity index (χ3n) is 7.05. The average Bonchev–Trinajstić information content (AvgIpc) is 3.20. The van der Waals surface area contributed by atoms with Gasteiger partial charge in [-0.1, -0.05) is 29.8 Å². The number of rotatable bonds is 1. The molecule has 1 aromatic carbocycles. The Morgan fingerprint density at radius 3 is 2.96 bits per heavy atom. The summed E-state index contributed by atoms with van der Waals surface area (Å²) in [5, 5.41) is 0. The van der Waals surface area contributed by atoms with Crippen molar-refractivity contribution in [2.24, 2.45) is 16.3 Å². The molecule has 5 heteroatoms. The minimum Gasteiger partial charge on any atom is -0.468 e. The first-order valence-electron chi connectivity index (χ1n) is 9.26. The fourth-order valence-corrected chi connectivity index (χ4v) is 5.97. The SMILES string of the molecule is C/C=C1/CN2CC[C@@H]1[C@]1(C(=O)OC)C(=O)C3(C=Nc4ccccc43)C[C@H]21. The lowest BCUT2D eigenvalue weighted by Crippen LogP contribution is -2.66. The molecule has 1 aliphatic carbocycles. The molecule has 4 fully saturated rings. The van der Waals surface area contributed by atoms with Crippen LogP contribution >= 0.6 is 0 Å². The van der Waals surface area contributed by atoms with E-state index in [9.17, 15) is 9.59 Å². The van der Waals surface area contributed by atoms with Crippen LogP contribution in [-0.2, 0) is 19.7 Å². The summed E-state index contributed by atoms with van der Waals surface area (Å²) in [5.74, 6) is -0.469. The number of benzene rings is 1. The normalized spacial score (nSPS) is 40.9. The molecule has 5 nitrogen and oxygen atoms in total. The Balaban J connectivity index is 1.75. The Labute approximate surface area is 152 Å². The molecule has 3 saturated heterocycles. The highest BCUT2D eigenvalue weighted by atomic mass is 16.5. The number of hydrogen-bond acceptors (Lipinski definition) is 5. The quantitative estimate of drug-likeness (QED) is 0.443. The van der Waals surface area contributed by atoms with E-state index in [0.717, 1.165) is 30.8 Å². The highest BCUT2D eigenvalue weighted by Crippen LogP contribution is 2.62. The summed E-state index contributed by atoms with van der Waals surface area (Å²) < 4.78 is 5.24. The molecule has 0 amide bonds. The summed E-state index contributed by atoms with van der Waals surface area (Å²) in [5.41, 5.74) is 1.04. The van der Waals surface area contributed by atoms with Gasteiger partial charge in [0.2, 0.25) is 0 Å². The van der Waals surface area contributed by atoms with Gasteiger partial charge in [0.25, 0.3) is 0 Å². The fourth-order valence-electron chi connectivity index (χ4n) is 5.97. The number of para-hydroxylation sites is 1. The number of ketones is 1. The van der Waals surface area contributed by atoms with Gasteiger partial charge < -0.3 is 4.74 Å². The van der Waals surface area contributed by atoms with Gasteiger partial charge in [0.1, 0.15) is 5.41 Å². The van der Waals surface area contributed by atoms with Crippen LogP contribution in [0.25, 0.3) is 0 Å². The van der Waals surface area contributed by atoms with Crippen molar-refractivity contribution < 1.29 is 14.3 Å². The molecule has 0 N–H and O–H groups in total. The van der Waals surface area contributed by atoms with E-state index in [-0.39, 0.29) is 23.7 Å². The van der Waals surface area contributed by atoms with Crippen molar-refractivity contribution in [3.05, 3.63) is 41.5 Å². The molecule has 4 aliphatic heterocycles. The Kier molecular flexibility index (Phi) is 3.15. The summed E-state index contributed by atoms with van der Waals surface area (Å²) in [6.45, 7) is 3.76. The topological polar surface area (TPSA) is 59.0 Å². The third kappa shape index (κ3) is 1.59. The number of ether oxygens (including phenoxy) is 1. The number of allylic oxidation sites excluding steroid dienone is 1. The number of hydrogen-bond donors (Lipinski definition) is 0. The predicted octanol–water partition coefficient (Wildman–Crippen LogP) is 2.42. The molecule has 1 aromatic rings. The number of Topliss-reactive ketones (excluding diaryl/α,β-unsaturated/α-hetero) is 1. The summed E-state index contributed by atoms with van der Waals surface area (Å²) in [6, 6.07) is 7.68. The Morgan fingerprint density at radius 2 is 2.19 bits per heavy atom. The molecule has 2 unspecified atom stereocenters. The lowest BCUT2D eigenvalue weighted by Gasteiger charge is -2.54. The van der Waals surface area contributed by atoms with Crippen LogP contribution in [0.1, 0.15) is 25.3 Å². The molecule has 0 radical (unpaired) electrons. The van der Waals surface area contributed by atoms with Gasteiger partial charge in [0, 0.05) is 24.7 Å². The maximum absolute atomic E-state index is 14.1. The van der Waals surface area contributed by atoms with E-state index < -0.39 is 10.8 Å². The van der Waals surface area contributed by atoms with Gasteiger partial charge in [-0.05, 0) is 37.9 Å². The zero-order chi connectivity index (χ0) is 18.1. The van der Waals surface area contributed by atoms with Crippen molar-refractivity contribution >= 4 is 23.7 Å². The maximum atomic E-state index is 14.1. The highest BCUT2D eigenvalue weighted by Gasteiger charge is 2.74. The minimum absolute atomic E-state index is 0.0238. The number of aliphatic imine (C=N–C) groups is 1. The van der Waals surface area contributed by atoms with E-state index in [1.165, 1.54) is 12.7 Å². The average molecular weight is 350 g/mol. The molecular formula is C21H22N2O3. The fraction of sp³-hybridized carbons (Fsp3) is 0.476. The van der Waals surface area contributed by atoms with Crippen molar-refractivity contribution in [2.75, 3.05) is 20.2 Å². The number of carbonyl (C=O) groups excluding carboxylic acids is 2. The van der Waals surface area contributed by atoms with Gasteiger partial charge in [0.15, 0.2) is 5.78 Å². The number of carbonyl (C=O) groups is 2. The molecule has 5 atom stereocenters. The lowest BCUT2D eigenvalue weighted by molar-refractivity contribution is -0.170. The second-order valence-corrected chi connectivity index (χ2v) is 7.83. The first-order valence-corrected chi connectivity index (χ1v) is 9.26. The molecule has 134 valence electrons. The van der Waals surface area contributed by atoms with Crippen LogP contribution in [0.15, 0.2) is 40.9 Å². The first kappa shape index (κ1) is 15.9. The second kappa shape index (κ2) is 5.13. The smallest absolute Gasteiger partial charge is 0.321 e. The van der Waals surface area contributed by atoms with Crippen LogP contribution in [-0.4, -0.2) is 49.1 Å². The number of esters is 1. The standard InChI is InChI=1S/C21H22N2O3/c1-3-13-11-23-9-8-14(13)21(19(25)26-2)17(23)10-20(18(21)24)12-22-16-7-5-4-6-15(16)20/h3-7,12,14,17H,8-11H2,1-2H3/b13-3-/t14-,17-,20?,21+/m0/s1. The van der Waals surface area contributed by atoms with Crippen LogP contribution in [0.2, 0.25) is 0 Å². The second-order valence-electron chi connectivity index (χ2n) is 7.83. The van der Waals surface area contributed by atoms with E-state index in [4.69, 9.17) is 4.74 Å². The van der Waals surface area contributed by atoms with E-state index in [1.54, 1.807) is 6.21 Å². The Morgan fingerprint density at radius 1 is 1.38 bits per heavy atom. The van der Waals surface area contributed by atoms with E-state index in [1.807, 2.05) is 31.2 Å². The van der Waals surface area contributed by atoms with Crippen LogP contribution in [0.3, 0.4) is 0 Å². The molecule has 4 heterocycles. The molecule has 1 spiro atoms. The van der Waals surface area contributed by atoms with Crippen LogP contribution in [0, 0.1) is 11.3 Å². The van der Waals surface area contributed by atoms with E-state index >= 15 is 0 Å². The molecule has 0 aromatic heterocycles. The number of fused-ring (bicyclic) bond motifs is 4. The Hall–Kier alpha value is -2.27. The molecule has 2 bridgehead atoms. The minimum atomic E-state index is -1.11. The van der Waals surface area contributed by atoms with Crippen molar-refractivity contribution in [1.82, 2.24) is 4.90 Å². The number of methoxy groups -OCH3 is 1. The molecule has 6 rings (SSSR count). The van der Waals surface area contributed by atoms with Gasteiger partial charge in [-0.25, -0.2) is 0 Å². The van der Waals surface area contributed by atoms with Crippen molar-refractivity contribution in [3.8, 4) is 0 Å². The van der Waals surface area contributed by atoms with Crippen LogP contribution in [0.4, 0.5) is 5.69 Å². The van der Waals surface area contributed by atoms with Gasteiger partial charge in [-0.3, -0.25) is 19.5 Å². The van der Waals surface area contributed by atoms with Gasteiger partial charge >= 0.3 is 5.97 Å². The van der Waals surface area contributed by atoms with Crippen LogP contribution < -0.4 is 0 Å². The van der Waals surface area contributed by atoms with Gasteiger partial charge in [-0.15, -0.1) is 0 Å². The summed E-state index contributed by atoms with van der Waals surface area (Å²) >= 11 is 0. The monoisotopic (exact) mass is 350 g/mol. The van der Waals surface area contributed by atoms with Crippen molar-refractivity contribution in [1.29, 1.82) is 0 Å². The summed E-state index contributed by atoms with van der Waals surface area (Å²) in [7, 11) is 1.40. The maximum Gasteiger partial charge on any atom is 0.321 e. The summed E-state index contributed by atoms with van der Waals surface area (Å²) in [6.07, 6.45) is 5.30. The van der Waals surface area contributed by atoms with E-state index in [0.29, 0.717) is 6.42 Å². The van der Waals surface area contributed by atoms with Gasteiger partial charge in [-0.2, -0.15) is 0 Å². The summed E-state index contributed by atoms with van der Waals surface area (Å²) in [4.78, 5) is 34.0. The number of piperidine rings is 3. The molecule has 5 aliphatic rings. The largest absolute Gasteiger partial charge is 0.468 e.